The minimum absolute atomic E-state index is 0.804. The molecule has 1 saturated carbocycles. The SMILES string of the molecule is CNCc1ccc(-c2cccc(C3CCC3)c2)c(C)c1. The van der Waals surface area contributed by atoms with E-state index in [1.54, 1.807) is 0 Å². The Morgan fingerprint density at radius 1 is 1.10 bits per heavy atom. The lowest BCUT2D eigenvalue weighted by Gasteiger charge is -2.26. The van der Waals surface area contributed by atoms with Crippen LogP contribution in [0, 0.1) is 6.92 Å². The summed E-state index contributed by atoms with van der Waals surface area (Å²) in [5, 5.41) is 3.21. The first-order valence-corrected chi connectivity index (χ1v) is 7.62. The fourth-order valence-corrected chi connectivity index (χ4v) is 3.07. The van der Waals surface area contributed by atoms with Crippen molar-refractivity contribution in [2.24, 2.45) is 0 Å². The van der Waals surface area contributed by atoms with E-state index in [0.29, 0.717) is 0 Å². The molecule has 1 N–H and O–H groups in total. The van der Waals surface area contributed by atoms with Crippen LogP contribution in [0.2, 0.25) is 0 Å². The van der Waals surface area contributed by atoms with Gasteiger partial charge in [-0.2, -0.15) is 0 Å². The van der Waals surface area contributed by atoms with Crippen molar-refractivity contribution in [2.45, 2.75) is 38.6 Å². The minimum atomic E-state index is 0.804. The standard InChI is InChI=1S/C19H23N/c1-14-11-15(13-20-2)9-10-19(14)18-8-4-7-17(12-18)16-5-3-6-16/h4,7-12,16,20H,3,5-6,13H2,1-2H3. The van der Waals surface area contributed by atoms with Gasteiger partial charge in [0.25, 0.3) is 0 Å². The first kappa shape index (κ1) is 13.4. The zero-order valence-corrected chi connectivity index (χ0v) is 12.4. The van der Waals surface area contributed by atoms with Crippen LogP contribution in [0.4, 0.5) is 0 Å². The normalized spacial score (nSPS) is 15.1. The largest absolute Gasteiger partial charge is 0.316 e. The molecule has 3 rings (SSSR count). The first-order chi connectivity index (χ1) is 9.78. The van der Waals surface area contributed by atoms with Gasteiger partial charge in [-0.15, -0.1) is 0 Å². The van der Waals surface area contributed by atoms with Gasteiger partial charge in [0.1, 0.15) is 0 Å². The van der Waals surface area contributed by atoms with Crippen molar-refractivity contribution >= 4 is 0 Å². The summed E-state index contributed by atoms with van der Waals surface area (Å²) in [4.78, 5) is 0. The topological polar surface area (TPSA) is 12.0 Å². The van der Waals surface area contributed by atoms with Gasteiger partial charge < -0.3 is 5.32 Å². The van der Waals surface area contributed by atoms with Gasteiger partial charge in [-0.25, -0.2) is 0 Å². The summed E-state index contributed by atoms with van der Waals surface area (Å²) in [5.41, 5.74) is 6.97. The molecule has 0 heterocycles. The number of nitrogens with one attached hydrogen (secondary N) is 1. The predicted molar refractivity (Wildman–Crippen MR) is 86.0 cm³/mol. The van der Waals surface area contributed by atoms with Crippen LogP contribution in [0.3, 0.4) is 0 Å². The first-order valence-electron chi connectivity index (χ1n) is 7.62. The summed E-state index contributed by atoms with van der Waals surface area (Å²) < 4.78 is 0. The van der Waals surface area contributed by atoms with Gasteiger partial charge in [0.15, 0.2) is 0 Å². The molecule has 2 aromatic carbocycles. The molecular formula is C19H23N. The fourth-order valence-electron chi connectivity index (χ4n) is 3.07. The zero-order chi connectivity index (χ0) is 13.9. The average Bonchev–Trinajstić information content (AvgIpc) is 2.37. The highest BCUT2D eigenvalue weighted by molar-refractivity contribution is 5.68. The third-order valence-electron chi connectivity index (χ3n) is 4.45. The second kappa shape index (κ2) is 5.80. The molecule has 0 aliphatic heterocycles. The van der Waals surface area contributed by atoms with Gasteiger partial charge >= 0.3 is 0 Å². The van der Waals surface area contributed by atoms with E-state index >= 15 is 0 Å². The van der Waals surface area contributed by atoms with E-state index < -0.39 is 0 Å². The van der Waals surface area contributed by atoms with E-state index in [9.17, 15) is 0 Å². The van der Waals surface area contributed by atoms with Crippen molar-refractivity contribution in [3.63, 3.8) is 0 Å². The van der Waals surface area contributed by atoms with E-state index in [0.717, 1.165) is 12.5 Å². The molecule has 0 spiro atoms. The lowest BCUT2D eigenvalue weighted by Crippen LogP contribution is -2.08. The van der Waals surface area contributed by atoms with Crippen molar-refractivity contribution in [2.75, 3.05) is 7.05 Å². The van der Waals surface area contributed by atoms with Crippen LogP contribution >= 0.6 is 0 Å². The molecule has 0 bridgehead atoms. The van der Waals surface area contributed by atoms with Gasteiger partial charge in [0.2, 0.25) is 0 Å². The monoisotopic (exact) mass is 265 g/mol. The summed E-state index contributed by atoms with van der Waals surface area (Å²) >= 11 is 0. The van der Waals surface area contributed by atoms with Gasteiger partial charge in [0, 0.05) is 6.54 Å². The highest BCUT2D eigenvalue weighted by Gasteiger charge is 2.19. The van der Waals surface area contributed by atoms with Crippen molar-refractivity contribution in [1.82, 2.24) is 5.32 Å². The van der Waals surface area contributed by atoms with E-state index in [-0.39, 0.29) is 0 Å². The summed E-state index contributed by atoms with van der Waals surface area (Å²) in [5.74, 6) is 0.804. The molecule has 104 valence electrons. The maximum Gasteiger partial charge on any atom is 0.0202 e. The minimum Gasteiger partial charge on any atom is -0.316 e. The van der Waals surface area contributed by atoms with Crippen LogP contribution in [0.5, 0.6) is 0 Å². The Hall–Kier alpha value is -1.60. The predicted octanol–water partition coefficient (Wildman–Crippen LogP) is 4.65. The molecule has 0 radical (unpaired) electrons. The molecule has 1 heteroatoms. The molecule has 2 aromatic rings. The molecule has 0 amide bonds. The lowest BCUT2D eigenvalue weighted by molar-refractivity contribution is 0.420. The maximum atomic E-state index is 3.21. The van der Waals surface area contributed by atoms with Crippen LogP contribution in [0.1, 0.15) is 41.9 Å². The average molecular weight is 265 g/mol. The second-order valence-corrected chi connectivity index (χ2v) is 5.93. The number of hydrogen-bond donors (Lipinski definition) is 1. The summed E-state index contributed by atoms with van der Waals surface area (Å²) in [6, 6.07) is 15.9. The molecular weight excluding hydrogens is 242 g/mol. The third kappa shape index (κ3) is 2.64. The maximum absolute atomic E-state index is 3.21. The van der Waals surface area contributed by atoms with Crippen LogP contribution in [-0.2, 0) is 6.54 Å². The fraction of sp³-hybridized carbons (Fsp3) is 0.368. The molecule has 0 unspecified atom stereocenters. The molecule has 1 fully saturated rings. The summed E-state index contributed by atoms with van der Waals surface area (Å²) in [6.45, 7) is 3.15. The quantitative estimate of drug-likeness (QED) is 0.848. The Kier molecular flexibility index (Phi) is 3.88. The molecule has 0 saturated heterocycles. The molecule has 1 nitrogen and oxygen atoms in total. The van der Waals surface area contributed by atoms with Gasteiger partial charge in [0.05, 0.1) is 0 Å². The van der Waals surface area contributed by atoms with Crippen molar-refractivity contribution in [3.05, 3.63) is 59.2 Å². The molecule has 0 atom stereocenters. The van der Waals surface area contributed by atoms with E-state index in [4.69, 9.17) is 0 Å². The van der Waals surface area contributed by atoms with Gasteiger partial charge in [-0.05, 0) is 60.5 Å². The van der Waals surface area contributed by atoms with Gasteiger partial charge in [-0.3, -0.25) is 0 Å². The molecule has 20 heavy (non-hydrogen) atoms. The Bertz CT molecular complexity index is 596. The van der Waals surface area contributed by atoms with Crippen LogP contribution in [0.25, 0.3) is 11.1 Å². The summed E-state index contributed by atoms with van der Waals surface area (Å²) in [7, 11) is 1.99. The van der Waals surface area contributed by atoms with Crippen molar-refractivity contribution in [1.29, 1.82) is 0 Å². The number of rotatable bonds is 4. The third-order valence-corrected chi connectivity index (χ3v) is 4.45. The Labute approximate surface area is 122 Å². The summed E-state index contributed by atoms with van der Waals surface area (Å²) in [6.07, 6.45) is 4.12. The number of benzene rings is 2. The second-order valence-electron chi connectivity index (χ2n) is 5.93. The highest BCUT2D eigenvalue weighted by atomic mass is 14.8. The lowest BCUT2D eigenvalue weighted by atomic mass is 9.79. The van der Waals surface area contributed by atoms with Crippen LogP contribution in [0.15, 0.2) is 42.5 Å². The number of aryl methyl sites for hydroxylation is 1. The molecule has 0 aromatic heterocycles. The van der Waals surface area contributed by atoms with Crippen molar-refractivity contribution < 1.29 is 0 Å². The van der Waals surface area contributed by atoms with Gasteiger partial charge in [-0.1, -0.05) is 48.9 Å². The Balaban J connectivity index is 1.92. The Morgan fingerprint density at radius 2 is 1.95 bits per heavy atom. The van der Waals surface area contributed by atoms with E-state index in [1.807, 2.05) is 7.05 Å². The smallest absolute Gasteiger partial charge is 0.0202 e. The molecule has 1 aliphatic carbocycles. The van der Waals surface area contributed by atoms with Crippen molar-refractivity contribution in [3.8, 4) is 11.1 Å². The van der Waals surface area contributed by atoms with E-state index in [1.165, 1.54) is 47.1 Å². The zero-order valence-electron chi connectivity index (χ0n) is 12.4. The highest BCUT2D eigenvalue weighted by Crippen LogP contribution is 2.38. The van der Waals surface area contributed by atoms with Crippen LogP contribution in [-0.4, -0.2) is 7.05 Å². The van der Waals surface area contributed by atoms with Crippen LogP contribution < -0.4 is 5.32 Å². The number of hydrogen-bond acceptors (Lipinski definition) is 1. The Morgan fingerprint density at radius 3 is 2.60 bits per heavy atom. The van der Waals surface area contributed by atoms with E-state index in [2.05, 4.69) is 54.7 Å². The molecule has 1 aliphatic rings.